The van der Waals surface area contributed by atoms with Crippen LogP contribution in [0, 0.1) is 27.7 Å². The molecule has 0 saturated carbocycles. The smallest absolute Gasteiger partial charge is 0.230 e. The maximum atomic E-state index is 2.54. The lowest BCUT2D eigenvalue weighted by Gasteiger charge is -2.31. The Morgan fingerprint density at radius 3 is 2.06 bits per heavy atom. The van der Waals surface area contributed by atoms with Crippen molar-refractivity contribution in [2.24, 2.45) is 7.05 Å². The van der Waals surface area contributed by atoms with Crippen LogP contribution in [0.5, 0.6) is 0 Å². The normalized spacial score (nSPS) is 16.8. The Morgan fingerprint density at radius 1 is 0.944 bits per heavy atom. The fourth-order valence-electron chi connectivity index (χ4n) is 3.59. The second kappa shape index (κ2) is 3.17. The quantitative estimate of drug-likeness (QED) is 0.629. The van der Waals surface area contributed by atoms with Crippen LogP contribution in [0.2, 0.25) is 0 Å². The molecule has 0 N–H and O–H groups in total. The van der Waals surface area contributed by atoms with E-state index in [9.17, 15) is 0 Å². The van der Waals surface area contributed by atoms with Crippen LogP contribution < -0.4 is 4.57 Å². The zero-order valence-corrected chi connectivity index (χ0v) is 12.6. The van der Waals surface area contributed by atoms with Crippen molar-refractivity contribution >= 4 is 11.0 Å². The summed E-state index contributed by atoms with van der Waals surface area (Å²) >= 11 is 0. The van der Waals surface area contributed by atoms with Gasteiger partial charge in [-0.25, -0.2) is 9.13 Å². The molecule has 1 aromatic carbocycles. The van der Waals surface area contributed by atoms with Crippen LogP contribution in [0.4, 0.5) is 0 Å². The maximum Gasteiger partial charge on any atom is 0.262 e. The van der Waals surface area contributed by atoms with Crippen molar-refractivity contribution in [3.05, 3.63) is 28.1 Å². The summed E-state index contributed by atoms with van der Waals surface area (Å²) in [6, 6.07) is 0. The Morgan fingerprint density at radius 2 is 1.50 bits per heavy atom. The number of aromatic nitrogens is 2. The third-order valence-electron chi connectivity index (χ3n) is 5.02. The number of fused-ring (bicyclic) bond motifs is 3. The Labute approximate surface area is 109 Å². The van der Waals surface area contributed by atoms with Crippen LogP contribution in [0.25, 0.3) is 11.0 Å². The fraction of sp³-hybridized carbons (Fsp3) is 0.562. The van der Waals surface area contributed by atoms with Gasteiger partial charge in [-0.1, -0.05) is 0 Å². The minimum absolute atomic E-state index is 0.272. The van der Waals surface area contributed by atoms with Gasteiger partial charge in [0, 0.05) is 11.1 Å². The van der Waals surface area contributed by atoms with Gasteiger partial charge in [0.25, 0.3) is 5.82 Å². The third kappa shape index (κ3) is 1.12. The highest BCUT2D eigenvalue weighted by molar-refractivity contribution is 5.83. The largest absolute Gasteiger partial charge is 0.262 e. The van der Waals surface area contributed by atoms with Crippen LogP contribution in [-0.2, 0) is 19.0 Å². The topological polar surface area (TPSA) is 8.81 Å². The van der Waals surface area contributed by atoms with Crippen molar-refractivity contribution in [2.45, 2.75) is 53.5 Å². The van der Waals surface area contributed by atoms with E-state index in [2.05, 4.69) is 57.7 Å². The Hall–Kier alpha value is -1.31. The van der Waals surface area contributed by atoms with Gasteiger partial charge in [0.2, 0.25) is 0 Å². The van der Waals surface area contributed by atoms with Gasteiger partial charge in [-0.2, -0.15) is 0 Å². The summed E-state index contributed by atoms with van der Waals surface area (Å²) in [7, 11) is 2.21. The van der Waals surface area contributed by atoms with Crippen LogP contribution in [0.3, 0.4) is 0 Å². The summed E-state index contributed by atoms with van der Waals surface area (Å²) in [4.78, 5) is 0. The first-order valence-corrected chi connectivity index (χ1v) is 6.77. The zero-order chi connectivity index (χ0) is 13.4. The van der Waals surface area contributed by atoms with Gasteiger partial charge in [-0.15, -0.1) is 0 Å². The van der Waals surface area contributed by atoms with Gasteiger partial charge in [-0.3, -0.25) is 0 Å². The molecule has 2 heterocycles. The van der Waals surface area contributed by atoms with E-state index in [1.165, 1.54) is 45.5 Å². The fourth-order valence-corrected chi connectivity index (χ4v) is 3.59. The molecule has 0 aliphatic carbocycles. The summed E-state index contributed by atoms with van der Waals surface area (Å²) < 4.78 is 4.94. The molecule has 3 rings (SSSR count). The highest BCUT2D eigenvalue weighted by Gasteiger charge is 2.47. The molecule has 0 radical (unpaired) electrons. The van der Waals surface area contributed by atoms with Crippen LogP contribution >= 0.6 is 0 Å². The molecule has 96 valence electrons. The van der Waals surface area contributed by atoms with Gasteiger partial charge in [0.1, 0.15) is 5.54 Å². The number of hydrogen-bond donors (Lipinski definition) is 0. The van der Waals surface area contributed by atoms with Gasteiger partial charge in [0.15, 0.2) is 11.0 Å². The molecule has 2 aromatic rings. The molecule has 1 aliphatic rings. The predicted molar refractivity (Wildman–Crippen MR) is 75.1 cm³/mol. The van der Waals surface area contributed by atoms with E-state index in [0.29, 0.717) is 0 Å². The summed E-state index contributed by atoms with van der Waals surface area (Å²) in [5, 5.41) is 0. The van der Waals surface area contributed by atoms with Crippen molar-refractivity contribution in [2.75, 3.05) is 0 Å². The van der Waals surface area contributed by atoms with Gasteiger partial charge >= 0.3 is 0 Å². The van der Waals surface area contributed by atoms with E-state index < -0.39 is 0 Å². The first kappa shape index (κ1) is 11.8. The van der Waals surface area contributed by atoms with Crippen molar-refractivity contribution < 1.29 is 4.57 Å². The molecule has 0 amide bonds. The maximum absolute atomic E-state index is 2.54. The first-order chi connectivity index (χ1) is 8.27. The second-order valence-electron chi connectivity index (χ2n) is 6.50. The molecular formula is C16H23N2+. The monoisotopic (exact) mass is 243 g/mol. The molecular weight excluding hydrogens is 220 g/mol. The summed E-state index contributed by atoms with van der Waals surface area (Å²) in [5.74, 6) is 1.46. The average Bonchev–Trinajstić information content (AvgIpc) is 2.54. The highest BCUT2D eigenvalue weighted by Crippen LogP contribution is 2.39. The predicted octanol–water partition coefficient (Wildman–Crippen LogP) is 2.99. The molecule has 0 spiro atoms. The van der Waals surface area contributed by atoms with Gasteiger partial charge < -0.3 is 0 Å². The number of aryl methyl sites for hydroxylation is 3. The van der Waals surface area contributed by atoms with E-state index in [1.54, 1.807) is 0 Å². The van der Waals surface area contributed by atoms with Crippen LogP contribution in [0.1, 0.15) is 41.9 Å². The third-order valence-corrected chi connectivity index (χ3v) is 5.02. The molecule has 0 unspecified atom stereocenters. The average molecular weight is 243 g/mol. The Balaban J connectivity index is 2.58. The standard InChI is InChI=1S/C16H23N2/c1-9-10(2)12(4)15-14(11(9)3)17(7)13-8-16(5,6)18(13)15/h8H2,1-7H3/q+1. The molecule has 0 atom stereocenters. The minimum Gasteiger partial charge on any atom is -0.230 e. The number of hydrogen-bond acceptors (Lipinski definition) is 0. The summed E-state index contributed by atoms with van der Waals surface area (Å²) in [6.45, 7) is 13.7. The molecule has 0 fully saturated rings. The Kier molecular flexibility index (Phi) is 2.07. The summed E-state index contributed by atoms with van der Waals surface area (Å²) in [6.07, 6.45) is 1.18. The molecule has 2 heteroatoms. The van der Waals surface area contributed by atoms with E-state index in [4.69, 9.17) is 0 Å². The second-order valence-corrected chi connectivity index (χ2v) is 6.50. The minimum atomic E-state index is 0.272. The summed E-state index contributed by atoms with van der Waals surface area (Å²) in [5.41, 5.74) is 8.92. The van der Waals surface area contributed by atoms with E-state index in [-0.39, 0.29) is 5.54 Å². The lowest BCUT2D eigenvalue weighted by molar-refractivity contribution is -0.659. The molecule has 0 saturated heterocycles. The van der Waals surface area contributed by atoms with Crippen molar-refractivity contribution in [1.82, 2.24) is 4.57 Å². The van der Waals surface area contributed by atoms with Crippen LogP contribution in [0.15, 0.2) is 0 Å². The highest BCUT2D eigenvalue weighted by atomic mass is 15.2. The lowest BCUT2D eigenvalue weighted by Crippen LogP contribution is -2.49. The molecule has 1 aliphatic heterocycles. The van der Waals surface area contributed by atoms with Crippen molar-refractivity contribution in [3.8, 4) is 0 Å². The molecule has 0 bridgehead atoms. The number of benzene rings is 1. The first-order valence-electron chi connectivity index (χ1n) is 6.77. The van der Waals surface area contributed by atoms with Gasteiger partial charge in [-0.05, 0) is 52.7 Å². The molecule has 1 aromatic heterocycles. The number of nitrogens with zero attached hydrogens (tertiary/aromatic N) is 2. The number of rotatable bonds is 0. The molecule has 2 nitrogen and oxygen atoms in total. The van der Waals surface area contributed by atoms with Crippen molar-refractivity contribution in [1.29, 1.82) is 0 Å². The van der Waals surface area contributed by atoms with E-state index in [0.717, 1.165) is 0 Å². The van der Waals surface area contributed by atoms with Gasteiger partial charge in [0.05, 0.1) is 13.5 Å². The SMILES string of the molecule is Cc1c(C)c(C)c2c(c1C)n1c([n+]2C)CC1(C)C. The van der Waals surface area contributed by atoms with E-state index >= 15 is 0 Å². The lowest BCUT2D eigenvalue weighted by atomic mass is 9.90. The molecule has 18 heavy (non-hydrogen) atoms. The Bertz CT molecular complexity index is 687. The van der Waals surface area contributed by atoms with Crippen molar-refractivity contribution in [3.63, 3.8) is 0 Å². The zero-order valence-electron chi connectivity index (χ0n) is 12.6. The van der Waals surface area contributed by atoms with E-state index in [1.807, 2.05) is 0 Å². The number of imidazole rings is 1. The van der Waals surface area contributed by atoms with Crippen LogP contribution in [-0.4, -0.2) is 4.57 Å².